The maximum Gasteiger partial charge on any atom is 0.416 e. The summed E-state index contributed by atoms with van der Waals surface area (Å²) in [4.78, 5) is 0.843. The van der Waals surface area contributed by atoms with Crippen molar-refractivity contribution >= 4 is 10.8 Å². The Kier molecular flexibility index (Phi) is 4.55. The van der Waals surface area contributed by atoms with Crippen molar-refractivity contribution in [1.29, 1.82) is 0 Å². The molecule has 0 atom stereocenters. The van der Waals surface area contributed by atoms with E-state index in [0.717, 1.165) is 59.0 Å². The van der Waals surface area contributed by atoms with Crippen LogP contribution in [0.3, 0.4) is 0 Å². The Morgan fingerprint density at radius 2 is 1.81 bits per heavy atom. The number of hydrogen-bond donors (Lipinski definition) is 2. The number of benzene rings is 2. The van der Waals surface area contributed by atoms with Gasteiger partial charge in [-0.05, 0) is 60.3 Å². The van der Waals surface area contributed by atoms with E-state index in [2.05, 4.69) is 10.4 Å². The minimum Gasteiger partial charge on any atom is -0.412 e. The molecule has 2 heterocycles. The van der Waals surface area contributed by atoms with Crippen LogP contribution >= 0.6 is 0 Å². The van der Waals surface area contributed by atoms with Crippen molar-refractivity contribution in [3.05, 3.63) is 65.0 Å². The van der Waals surface area contributed by atoms with Gasteiger partial charge >= 0.3 is 6.18 Å². The molecule has 0 aliphatic carbocycles. The number of nitrogens with one attached hydrogen (secondary N) is 1. The number of aromatic nitrogens is 2. The Morgan fingerprint density at radius 3 is 2.56 bits per heavy atom. The molecule has 0 bridgehead atoms. The topological polar surface area (TPSA) is 50.1 Å². The number of fused-ring (bicyclic) bond motifs is 1. The van der Waals surface area contributed by atoms with Gasteiger partial charge in [-0.1, -0.05) is 24.3 Å². The first kappa shape index (κ1) is 17.9. The van der Waals surface area contributed by atoms with Crippen molar-refractivity contribution in [3.63, 3.8) is 0 Å². The zero-order valence-electron chi connectivity index (χ0n) is 14.6. The molecule has 0 saturated carbocycles. The van der Waals surface area contributed by atoms with Crippen molar-refractivity contribution in [2.45, 2.75) is 31.4 Å². The minimum atomic E-state index is -4.36. The summed E-state index contributed by atoms with van der Waals surface area (Å²) < 4.78 is 38.9. The zero-order chi connectivity index (χ0) is 19.0. The number of piperidine rings is 1. The van der Waals surface area contributed by atoms with Gasteiger partial charge in [0.1, 0.15) is 0 Å². The van der Waals surface area contributed by atoms with Gasteiger partial charge in [0.2, 0.25) is 0 Å². The number of hydrogen-bond acceptors (Lipinski definition) is 3. The van der Waals surface area contributed by atoms with Gasteiger partial charge in [0, 0.05) is 12.0 Å². The van der Waals surface area contributed by atoms with Gasteiger partial charge in [-0.2, -0.15) is 13.2 Å². The van der Waals surface area contributed by atoms with E-state index in [4.69, 9.17) is 0 Å². The Morgan fingerprint density at radius 1 is 1.07 bits per heavy atom. The SMILES string of the molecule is On1cc(C2CCNCC2)c(Cc2ccc3ccc(C(F)(F)F)cc3c2)n1. The predicted molar refractivity (Wildman–Crippen MR) is 96.0 cm³/mol. The highest BCUT2D eigenvalue weighted by Gasteiger charge is 2.30. The van der Waals surface area contributed by atoms with Crippen LogP contribution in [0.15, 0.2) is 42.6 Å². The fourth-order valence-electron chi connectivity index (χ4n) is 3.80. The monoisotopic (exact) mass is 375 g/mol. The van der Waals surface area contributed by atoms with Gasteiger partial charge < -0.3 is 10.5 Å². The lowest BCUT2D eigenvalue weighted by Crippen LogP contribution is -2.26. The number of alkyl halides is 3. The Bertz CT molecular complexity index is 959. The lowest BCUT2D eigenvalue weighted by atomic mass is 9.89. The molecule has 1 aromatic heterocycles. The van der Waals surface area contributed by atoms with E-state index in [9.17, 15) is 18.4 Å². The molecule has 4 nitrogen and oxygen atoms in total. The molecular weight excluding hydrogens is 355 g/mol. The standard InChI is InChI=1S/C20H20F3N3O/c21-20(22,23)17-4-3-14-2-1-13(9-16(14)11-17)10-19-18(12-26(27)25-19)15-5-7-24-8-6-15/h1-4,9,11-12,15,24,27H,5-8,10H2. The van der Waals surface area contributed by atoms with Gasteiger partial charge in [0.25, 0.3) is 0 Å². The summed E-state index contributed by atoms with van der Waals surface area (Å²) in [6.45, 7) is 1.85. The van der Waals surface area contributed by atoms with Crippen LogP contribution in [0.25, 0.3) is 10.8 Å². The zero-order valence-corrected chi connectivity index (χ0v) is 14.6. The summed E-state index contributed by atoms with van der Waals surface area (Å²) in [7, 11) is 0. The normalized spacial score (nSPS) is 16.1. The molecule has 4 rings (SSSR count). The molecule has 0 radical (unpaired) electrons. The highest BCUT2D eigenvalue weighted by atomic mass is 19.4. The van der Waals surface area contributed by atoms with E-state index >= 15 is 0 Å². The number of rotatable bonds is 3. The first-order chi connectivity index (χ1) is 12.9. The van der Waals surface area contributed by atoms with Crippen molar-refractivity contribution in [3.8, 4) is 0 Å². The summed E-state index contributed by atoms with van der Waals surface area (Å²) in [5.74, 6) is 0.333. The largest absolute Gasteiger partial charge is 0.416 e. The van der Waals surface area contributed by atoms with Gasteiger partial charge in [0.15, 0.2) is 0 Å². The smallest absolute Gasteiger partial charge is 0.412 e. The van der Waals surface area contributed by atoms with Crippen LogP contribution in [0.4, 0.5) is 13.2 Å². The second-order valence-electron chi connectivity index (χ2n) is 7.05. The highest BCUT2D eigenvalue weighted by molar-refractivity contribution is 5.84. The molecule has 7 heteroatoms. The van der Waals surface area contributed by atoms with E-state index in [0.29, 0.717) is 17.7 Å². The van der Waals surface area contributed by atoms with Gasteiger partial charge in [-0.3, -0.25) is 0 Å². The lowest BCUT2D eigenvalue weighted by molar-refractivity contribution is -0.137. The summed E-state index contributed by atoms with van der Waals surface area (Å²) in [6.07, 6.45) is -0.286. The third-order valence-electron chi connectivity index (χ3n) is 5.19. The molecule has 0 amide bonds. The van der Waals surface area contributed by atoms with E-state index in [-0.39, 0.29) is 0 Å². The van der Waals surface area contributed by atoms with Crippen LogP contribution in [0.5, 0.6) is 0 Å². The Hall–Kier alpha value is -2.54. The second-order valence-corrected chi connectivity index (χ2v) is 7.05. The predicted octanol–water partition coefficient (Wildman–Crippen LogP) is 4.35. The molecule has 2 aromatic carbocycles. The highest BCUT2D eigenvalue weighted by Crippen LogP contribution is 2.32. The van der Waals surface area contributed by atoms with Crippen LogP contribution in [0, 0.1) is 0 Å². The van der Waals surface area contributed by atoms with Crippen LogP contribution in [-0.2, 0) is 12.6 Å². The first-order valence-corrected chi connectivity index (χ1v) is 8.98. The maximum absolute atomic E-state index is 13.0. The van der Waals surface area contributed by atoms with Crippen molar-refractivity contribution in [1.82, 2.24) is 15.3 Å². The molecule has 1 fully saturated rings. The molecule has 142 valence electrons. The average Bonchev–Trinajstić information content (AvgIpc) is 3.01. The van der Waals surface area contributed by atoms with E-state index in [1.165, 1.54) is 12.1 Å². The number of nitrogens with zero attached hydrogens (tertiary/aromatic N) is 2. The quantitative estimate of drug-likeness (QED) is 0.669. The molecule has 0 unspecified atom stereocenters. The fourth-order valence-corrected chi connectivity index (χ4v) is 3.80. The molecule has 1 aliphatic heterocycles. The summed E-state index contributed by atoms with van der Waals surface area (Å²) in [5, 5.41) is 18.6. The number of halogens is 3. The fraction of sp³-hybridized carbons (Fsp3) is 0.350. The molecule has 0 spiro atoms. The minimum absolute atomic E-state index is 0.333. The van der Waals surface area contributed by atoms with Crippen molar-refractivity contribution in [2.75, 3.05) is 13.1 Å². The van der Waals surface area contributed by atoms with Crippen LogP contribution in [-0.4, -0.2) is 28.2 Å². The van der Waals surface area contributed by atoms with Crippen molar-refractivity contribution < 1.29 is 18.4 Å². The molecule has 1 aliphatic rings. The van der Waals surface area contributed by atoms with E-state index in [1.54, 1.807) is 12.3 Å². The van der Waals surface area contributed by atoms with Crippen LogP contribution < -0.4 is 5.32 Å². The van der Waals surface area contributed by atoms with Gasteiger partial charge in [-0.25, -0.2) is 0 Å². The van der Waals surface area contributed by atoms with Gasteiger partial charge in [0.05, 0.1) is 17.5 Å². The molecular formula is C20H20F3N3O. The van der Waals surface area contributed by atoms with Gasteiger partial charge in [-0.15, -0.1) is 9.94 Å². The first-order valence-electron chi connectivity index (χ1n) is 8.98. The summed E-state index contributed by atoms with van der Waals surface area (Å²) in [6, 6.07) is 9.27. The molecule has 1 saturated heterocycles. The third-order valence-corrected chi connectivity index (χ3v) is 5.19. The van der Waals surface area contributed by atoms with E-state index < -0.39 is 11.7 Å². The van der Waals surface area contributed by atoms with Crippen molar-refractivity contribution in [2.24, 2.45) is 0 Å². The third kappa shape index (κ3) is 3.78. The lowest BCUT2D eigenvalue weighted by Gasteiger charge is -2.22. The second kappa shape index (κ2) is 6.88. The summed E-state index contributed by atoms with van der Waals surface area (Å²) in [5.41, 5.74) is 2.01. The Balaban J connectivity index is 1.65. The molecule has 2 N–H and O–H groups in total. The Labute approximate surface area is 154 Å². The van der Waals surface area contributed by atoms with Crippen LogP contribution in [0.2, 0.25) is 0 Å². The van der Waals surface area contributed by atoms with E-state index in [1.807, 2.05) is 12.1 Å². The average molecular weight is 375 g/mol. The van der Waals surface area contributed by atoms with Crippen LogP contribution in [0.1, 0.15) is 41.1 Å². The molecule has 3 aromatic rings. The maximum atomic E-state index is 13.0. The molecule has 27 heavy (non-hydrogen) atoms. The summed E-state index contributed by atoms with van der Waals surface area (Å²) >= 11 is 0.